The average molecular weight is 327 g/mol. The predicted octanol–water partition coefficient (Wildman–Crippen LogP) is 3.77. The van der Waals surface area contributed by atoms with E-state index >= 15 is 0 Å². The summed E-state index contributed by atoms with van der Waals surface area (Å²) in [5, 5.41) is 9.26. The fraction of sp³-hybridized carbons (Fsp3) is 0.267. The standard InChI is InChI=1S/C15H12F3NO2S/c16-9-7-8(12(17)14(20)13(9)18)10-3-4-11(22-10)15(21)19-5-1-2-6-19/h3-4,7,20H,1-2,5-6H2. The zero-order valence-electron chi connectivity index (χ0n) is 11.4. The molecule has 0 atom stereocenters. The summed E-state index contributed by atoms with van der Waals surface area (Å²) in [6.45, 7) is 1.37. The molecule has 116 valence electrons. The van der Waals surface area contributed by atoms with Crippen molar-refractivity contribution in [2.24, 2.45) is 0 Å². The van der Waals surface area contributed by atoms with Gasteiger partial charge in [0.2, 0.25) is 5.82 Å². The molecule has 3 nitrogen and oxygen atoms in total. The zero-order valence-corrected chi connectivity index (χ0v) is 12.2. The molecule has 1 aromatic heterocycles. The fourth-order valence-electron chi connectivity index (χ4n) is 2.44. The summed E-state index contributed by atoms with van der Waals surface area (Å²) in [5.41, 5.74) is -0.262. The lowest BCUT2D eigenvalue weighted by Gasteiger charge is -2.13. The number of amides is 1. The molecule has 0 unspecified atom stereocenters. The summed E-state index contributed by atoms with van der Waals surface area (Å²) in [7, 11) is 0. The summed E-state index contributed by atoms with van der Waals surface area (Å²) >= 11 is 0.987. The van der Waals surface area contributed by atoms with E-state index < -0.39 is 23.2 Å². The topological polar surface area (TPSA) is 40.5 Å². The Kier molecular flexibility index (Phi) is 3.82. The van der Waals surface area contributed by atoms with E-state index in [4.69, 9.17) is 0 Å². The van der Waals surface area contributed by atoms with Crippen LogP contribution < -0.4 is 0 Å². The predicted molar refractivity (Wildman–Crippen MR) is 76.4 cm³/mol. The maximum atomic E-state index is 13.9. The van der Waals surface area contributed by atoms with Crippen molar-refractivity contribution in [3.8, 4) is 16.2 Å². The number of phenolic OH excluding ortho intramolecular Hbond substituents is 1. The van der Waals surface area contributed by atoms with Crippen LogP contribution >= 0.6 is 11.3 Å². The van der Waals surface area contributed by atoms with Gasteiger partial charge in [0.05, 0.1) is 4.88 Å². The molecule has 1 fully saturated rings. The van der Waals surface area contributed by atoms with Gasteiger partial charge in [-0.1, -0.05) is 0 Å². The first-order chi connectivity index (χ1) is 10.5. The third-order valence-electron chi connectivity index (χ3n) is 3.61. The molecule has 2 heterocycles. The SMILES string of the molecule is O=C(c1ccc(-c2cc(F)c(F)c(O)c2F)s1)N1CCCC1. The number of hydrogen-bond acceptors (Lipinski definition) is 3. The van der Waals surface area contributed by atoms with Crippen molar-refractivity contribution in [3.05, 3.63) is 40.5 Å². The third kappa shape index (κ3) is 2.45. The molecule has 0 radical (unpaired) electrons. The quantitative estimate of drug-likeness (QED) is 0.853. The van der Waals surface area contributed by atoms with Crippen LogP contribution in [0.4, 0.5) is 13.2 Å². The normalized spacial score (nSPS) is 14.6. The van der Waals surface area contributed by atoms with Crippen LogP contribution in [0, 0.1) is 17.5 Å². The van der Waals surface area contributed by atoms with Crippen LogP contribution in [-0.4, -0.2) is 29.0 Å². The molecule has 1 aliphatic heterocycles. The van der Waals surface area contributed by atoms with Crippen molar-refractivity contribution < 1.29 is 23.1 Å². The number of benzene rings is 1. The van der Waals surface area contributed by atoms with E-state index in [2.05, 4.69) is 0 Å². The van der Waals surface area contributed by atoms with Gasteiger partial charge in [-0.25, -0.2) is 8.78 Å². The van der Waals surface area contributed by atoms with Crippen molar-refractivity contribution in [2.75, 3.05) is 13.1 Å². The molecule has 1 saturated heterocycles. The molecule has 2 aromatic rings. The summed E-state index contributed by atoms with van der Waals surface area (Å²) in [6.07, 6.45) is 1.91. The molecule has 0 bridgehead atoms. The van der Waals surface area contributed by atoms with E-state index in [1.54, 1.807) is 4.90 Å². The summed E-state index contributed by atoms with van der Waals surface area (Å²) in [6, 6.07) is 3.67. The Morgan fingerprint density at radius 3 is 2.50 bits per heavy atom. The Bertz CT molecular complexity index is 739. The molecule has 0 saturated carbocycles. The molecular formula is C15H12F3NO2S. The van der Waals surface area contributed by atoms with E-state index in [-0.39, 0.29) is 16.3 Å². The van der Waals surface area contributed by atoms with Crippen molar-refractivity contribution in [1.29, 1.82) is 0 Å². The number of thiophene rings is 1. The minimum absolute atomic E-state index is 0.152. The maximum absolute atomic E-state index is 13.9. The fourth-order valence-corrected chi connectivity index (χ4v) is 3.43. The monoisotopic (exact) mass is 327 g/mol. The summed E-state index contributed by atoms with van der Waals surface area (Å²) in [5.74, 6) is -5.70. The lowest BCUT2D eigenvalue weighted by atomic mass is 10.1. The Morgan fingerprint density at radius 2 is 1.82 bits per heavy atom. The molecule has 1 aliphatic rings. The summed E-state index contributed by atoms with van der Waals surface area (Å²) in [4.78, 5) is 14.6. The van der Waals surface area contributed by atoms with Gasteiger partial charge in [-0.3, -0.25) is 4.79 Å². The largest absolute Gasteiger partial charge is 0.503 e. The first-order valence-electron chi connectivity index (χ1n) is 6.75. The van der Waals surface area contributed by atoms with Crippen LogP contribution in [-0.2, 0) is 0 Å². The first-order valence-corrected chi connectivity index (χ1v) is 7.56. The van der Waals surface area contributed by atoms with Crippen LogP contribution in [0.25, 0.3) is 10.4 Å². The third-order valence-corrected chi connectivity index (χ3v) is 4.72. The molecule has 1 aromatic carbocycles. The van der Waals surface area contributed by atoms with Gasteiger partial charge >= 0.3 is 0 Å². The molecule has 0 spiro atoms. The van der Waals surface area contributed by atoms with Gasteiger partial charge < -0.3 is 10.0 Å². The second-order valence-corrected chi connectivity index (χ2v) is 6.13. The zero-order chi connectivity index (χ0) is 15.9. The number of phenols is 1. The molecular weight excluding hydrogens is 315 g/mol. The van der Waals surface area contributed by atoms with Crippen molar-refractivity contribution in [2.45, 2.75) is 12.8 Å². The molecule has 7 heteroatoms. The Labute approximate surface area is 128 Å². The van der Waals surface area contributed by atoms with Crippen LogP contribution in [0.3, 0.4) is 0 Å². The number of likely N-dealkylation sites (tertiary alicyclic amines) is 1. The number of aromatic hydroxyl groups is 1. The van der Waals surface area contributed by atoms with Gasteiger partial charge in [0.1, 0.15) is 0 Å². The number of carbonyl (C=O) groups is 1. The van der Waals surface area contributed by atoms with Gasteiger partial charge in [0.25, 0.3) is 5.91 Å². The van der Waals surface area contributed by atoms with Gasteiger partial charge in [-0.05, 0) is 31.0 Å². The molecule has 22 heavy (non-hydrogen) atoms. The highest BCUT2D eigenvalue weighted by molar-refractivity contribution is 7.17. The van der Waals surface area contributed by atoms with Crippen molar-refractivity contribution in [3.63, 3.8) is 0 Å². The van der Waals surface area contributed by atoms with Crippen LogP contribution in [0.1, 0.15) is 22.5 Å². The Morgan fingerprint density at radius 1 is 1.14 bits per heavy atom. The molecule has 0 aliphatic carbocycles. The number of nitrogens with zero attached hydrogens (tertiary/aromatic N) is 1. The van der Waals surface area contributed by atoms with Gasteiger partial charge in [0.15, 0.2) is 17.4 Å². The van der Waals surface area contributed by atoms with Gasteiger partial charge in [-0.15, -0.1) is 11.3 Å². The second kappa shape index (κ2) is 5.64. The van der Waals surface area contributed by atoms with E-state index in [0.29, 0.717) is 24.0 Å². The highest BCUT2D eigenvalue weighted by Gasteiger charge is 2.23. The minimum atomic E-state index is -1.62. The smallest absolute Gasteiger partial charge is 0.263 e. The highest BCUT2D eigenvalue weighted by Crippen LogP contribution is 2.36. The van der Waals surface area contributed by atoms with Crippen LogP contribution in [0.2, 0.25) is 0 Å². The summed E-state index contributed by atoms with van der Waals surface area (Å²) < 4.78 is 40.3. The number of hydrogen-bond donors (Lipinski definition) is 1. The van der Waals surface area contributed by atoms with Crippen LogP contribution in [0.5, 0.6) is 5.75 Å². The lowest BCUT2D eigenvalue weighted by molar-refractivity contribution is 0.0797. The van der Waals surface area contributed by atoms with Crippen molar-refractivity contribution in [1.82, 2.24) is 4.90 Å². The van der Waals surface area contributed by atoms with Crippen LogP contribution in [0.15, 0.2) is 18.2 Å². The lowest BCUT2D eigenvalue weighted by Crippen LogP contribution is -2.26. The second-order valence-electron chi connectivity index (χ2n) is 5.05. The molecule has 1 N–H and O–H groups in total. The van der Waals surface area contributed by atoms with Gasteiger partial charge in [-0.2, -0.15) is 4.39 Å². The van der Waals surface area contributed by atoms with E-state index in [1.807, 2.05) is 0 Å². The Hall–Kier alpha value is -2.02. The van der Waals surface area contributed by atoms with E-state index in [0.717, 1.165) is 24.2 Å². The molecule has 3 rings (SSSR count). The average Bonchev–Trinajstić information content (AvgIpc) is 3.19. The number of halogens is 3. The molecule has 1 amide bonds. The minimum Gasteiger partial charge on any atom is -0.503 e. The highest BCUT2D eigenvalue weighted by atomic mass is 32.1. The first kappa shape index (κ1) is 14.9. The van der Waals surface area contributed by atoms with E-state index in [1.165, 1.54) is 12.1 Å². The van der Waals surface area contributed by atoms with E-state index in [9.17, 15) is 23.1 Å². The Balaban J connectivity index is 1.96. The number of carbonyl (C=O) groups excluding carboxylic acids is 1. The van der Waals surface area contributed by atoms with Crippen molar-refractivity contribution >= 4 is 17.2 Å². The maximum Gasteiger partial charge on any atom is 0.263 e. The number of rotatable bonds is 2. The van der Waals surface area contributed by atoms with Gasteiger partial charge in [0, 0.05) is 23.5 Å².